The standard InChI is InChI=1S/C32H18F10O/c1-2-3-15-4-6-16(7-5-15)18-11-21(33)27(22(34)12-18)32(41,42)43-25-9-8-17-10-20(28(37)31(40)26(17)30(25)39)19-13-23(35)29(38)24(36)14-19/h4-14H,2-3H2,1H3. The van der Waals surface area contributed by atoms with E-state index >= 15 is 13.2 Å². The SMILES string of the molecule is CCCc1ccc(-c2cc(F)c(C(F)(F)Oc3ccc4cc(-c5cc(F)c(F)c(F)c5)c(F)c(F)c4c3F)c(F)c2)cc1. The number of rotatable bonds is 7. The molecule has 0 aliphatic carbocycles. The average molecular weight is 608 g/mol. The molecule has 0 aromatic heterocycles. The van der Waals surface area contributed by atoms with E-state index in [1.165, 1.54) is 0 Å². The average Bonchev–Trinajstić information content (AvgIpc) is 2.94. The summed E-state index contributed by atoms with van der Waals surface area (Å²) in [6, 6.07) is 10.8. The summed E-state index contributed by atoms with van der Waals surface area (Å²) in [6.07, 6.45) is -3.18. The molecule has 0 fully saturated rings. The molecule has 222 valence electrons. The Bertz CT molecular complexity index is 1820. The van der Waals surface area contributed by atoms with Crippen LogP contribution in [0.3, 0.4) is 0 Å². The third-order valence-electron chi connectivity index (χ3n) is 6.78. The molecule has 0 atom stereocenters. The number of halogens is 10. The van der Waals surface area contributed by atoms with Crippen LogP contribution in [0.15, 0.2) is 66.7 Å². The van der Waals surface area contributed by atoms with Crippen LogP contribution in [0.5, 0.6) is 5.75 Å². The van der Waals surface area contributed by atoms with Gasteiger partial charge >= 0.3 is 6.11 Å². The lowest BCUT2D eigenvalue weighted by Crippen LogP contribution is -2.25. The summed E-state index contributed by atoms with van der Waals surface area (Å²) in [4.78, 5) is 0. The van der Waals surface area contributed by atoms with Crippen LogP contribution in [-0.4, -0.2) is 0 Å². The molecule has 0 saturated carbocycles. The van der Waals surface area contributed by atoms with E-state index in [-0.39, 0.29) is 5.56 Å². The van der Waals surface area contributed by atoms with Gasteiger partial charge in [0, 0.05) is 5.56 Å². The Hall–Kier alpha value is -4.54. The van der Waals surface area contributed by atoms with Crippen LogP contribution in [0.1, 0.15) is 24.5 Å². The monoisotopic (exact) mass is 608 g/mol. The lowest BCUT2D eigenvalue weighted by atomic mass is 9.99. The first-order chi connectivity index (χ1) is 20.3. The highest BCUT2D eigenvalue weighted by molar-refractivity contribution is 5.90. The topological polar surface area (TPSA) is 9.23 Å². The van der Waals surface area contributed by atoms with Crippen LogP contribution in [0.25, 0.3) is 33.0 Å². The predicted molar refractivity (Wildman–Crippen MR) is 139 cm³/mol. The van der Waals surface area contributed by atoms with Crippen molar-refractivity contribution >= 4 is 10.8 Å². The zero-order chi connectivity index (χ0) is 31.2. The van der Waals surface area contributed by atoms with Gasteiger partial charge in [0.15, 0.2) is 40.7 Å². The molecule has 0 spiro atoms. The molecule has 5 rings (SSSR count). The Balaban J connectivity index is 1.51. The minimum Gasteiger partial charge on any atom is -0.426 e. The molecule has 0 radical (unpaired) electrons. The first-order valence-corrected chi connectivity index (χ1v) is 12.7. The lowest BCUT2D eigenvalue weighted by Gasteiger charge is -2.21. The second-order valence-corrected chi connectivity index (χ2v) is 9.66. The van der Waals surface area contributed by atoms with Gasteiger partial charge in [0.05, 0.1) is 5.39 Å². The maximum absolute atomic E-state index is 15.2. The number of benzene rings is 5. The van der Waals surface area contributed by atoms with Crippen molar-refractivity contribution in [1.29, 1.82) is 0 Å². The molecule has 0 amide bonds. The highest BCUT2D eigenvalue weighted by Crippen LogP contribution is 2.41. The van der Waals surface area contributed by atoms with Crippen LogP contribution in [0.4, 0.5) is 43.9 Å². The van der Waals surface area contributed by atoms with Crippen molar-refractivity contribution in [2.24, 2.45) is 0 Å². The van der Waals surface area contributed by atoms with Crippen molar-refractivity contribution < 1.29 is 48.6 Å². The van der Waals surface area contributed by atoms with E-state index in [9.17, 15) is 30.7 Å². The van der Waals surface area contributed by atoms with Gasteiger partial charge in [-0.3, -0.25) is 0 Å². The Morgan fingerprint density at radius 3 is 1.74 bits per heavy atom. The molecule has 11 heteroatoms. The molecular formula is C32H18F10O. The molecule has 0 aliphatic heterocycles. The van der Waals surface area contributed by atoms with Gasteiger partial charge in [-0.1, -0.05) is 43.7 Å². The summed E-state index contributed by atoms with van der Waals surface area (Å²) in [5.41, 5.74) is -2.01. The van der Waals surface area contributed by atoms with E-state index in [1.807, 2.05) is 6.92 Å². The number of alkyl halides is 2. The molecule has 0 aliphatic rings. The van der Waals surface area contributed by atoms with E-state index in [0.29, 0.717) is 35.9 Å². The highest BCUT2D eigenvalue weighted by atomic mass is 19.3. The molecule has 43 heavy (non-hydrogen) atoms. The molecule has 0 heterocycles. The van der Waals surface area contributed by atoms with Crippen molar-refractivity contribution in [2.75, 3.05) is 0 Å². The van der Waals surface area contributed by atoms with E-state index in [4.69, 9.17) is 0 Å². The number of hydrogen-bond donors (Lipinski definition) is 0. The minimum absolute atomic E-state index is 0.0521. The summed E-state index contributed by atoms with van der Waals surface area (Å²) in [6.45, 7) is 1.97. The van der Waals surface area contributed by atoms with Crippen molar-refractivity contribution in [1.82, 2.24) is 0 Å². The van der Waals surface area contributed by atoms with Crippen LogP contribution >= 0.6 is 0 Å². The first kappa shape index (κ1) is 29.9. The van der Waals surface area contributed by atoms with Crippen LogP contribution in [-0.2, 0) is 12.5 Å². The Labute approximate surface area is 238 Å². The quantitative estimate of drug-likeness (QED) is 0.132. The smallest absolute Gasteiger partial charge is 0.426 e. The highest BCUT2D eigenvalue weighted by Gasteiger charge is 2.42. The second kappa shape index (κ2) is 11.3. The van der Waals surface area contributed by atoms with Crippen molar-refractivity contribution in [3.05, 3.63) is 124 Å². The number of hydrogen-bond acceptors (Lipinski definition) is 1. The van der Waals surface area contributed by atoms with Gasteiger partial charge in [-0.2, -0.15) is 8.78 Å². The van der Waals surface area contributed by atoms with Crippen LogP contribution < -0.4 is 4.74 Å². The molecule has 1 nitrogen and oxygen atoms in total. The number of fused-ring (bicyclic) bond motifs is 1. The van der Waals surface area contributed by atoms with Crippen LogP contribution in [0.2, 0.25) is 0 Å². The minimum atomic E-state index is -4.82. The maximum atomic E-state index is 15.2. The Kier molecular flexibility index (Phi) is 7.85. The van der Waals surface area contributed by atoms with E-state index in [0.717, 1.165) is 30.5 Å². The van der Waals surface area contributed by atoms with E-state index in [1.54, 1.807) is 24.3 Å². The summed E-state index contributed by atoms with van der Waals surface area (Å²) in [5, 5.41) is -1.65. The molecule has 0 unspecified atom stereocenters. The molecule has 0 N–H and O–H groups in total. The maximum Gasteiger partial charge on any atom is 0.432 e. The van der Waals surface area contributed by atoms with E-state index in [2.05, 4.69) is 4.74 Å². The Morgan fingerprint density at radius 2 is 1.16 bits per heavy atom. The zero-order valence-electron chi connectivity index (χ0n) is 22.0. The van der Waals surface area contributed by atoms with Crippen molar-refractivity contribution in [2.45, 2.75) is 25.9 Å². The number of ether oxygens (including phenoxy) is 1. The normalized spacial score (nSPS) is 11.8. The second-order valence-electron chi connectivity index (χ2n) is 9.66. The lowest BCUT2D eigenvalue weighted by molar-refractivity contribution is -0.190. The summed E-state index contributed by atoms with van der Waals surface area (Å²) >= 11 is 0. The molecule has 5 aromatic rings. The van der Waals surface area contributed by atoms with Crippen molar-refractivity contribution in [3.63, 3.8) is 0 Å². The molecule has 0 bridgehead atoms. The third kappa shape index (κ3) is 5.51. The van der Waals surface area contributed by atoms with Gasteiger partial charge in [0.2, 0.25) is 0 Å². The molecular weight excluding hydrogens is 590 g/mol. The number of aryl methyl sites for hydroxylation is 1. The van der Waals surface area contributed by atoms with Gasteiger partial charge in [0.25, 0.3) is 0 Å². The molecule has 5 aromatic carbocycles. The van der Waals surface area contributed by atoms with E-state index < -0.39 is 85.9 Å². The van der Waals surface area contributed by atoms with Gasteiger partial charge in [0.1, 0.15) is 17.2 Å². The Morgan fingerprint density at radius 1 is 0.581 bits per heavy atom. The zero-order valence-corrected chi connectivity index (χ0v) is 22.0. The van der Waals surface area contributed by atoms with Gasteiger partial charge in [-0.15, -0.1) is 0 Å². The summed E-state index contributed by atoms with van der Waals surface area (Å²) in [5.74, 6) is -15.7. The third-order valence-corrected chi connectivity index (χ3v) is 6.78. The fourth-order valence-electron chi connectivity index (χ4n) is 4.72. The van der Waals surface area contributed by atoms with Gasteiger partial charge in [-0.05, 0) is 70.5 Å². The van der Waals surface area contributed by atoms with Crippen molar-refractivity contribution in [3.8, 4) is 28.0 Å². The van der Waals surface area contributed by atoms with Gasteiger partial charge in [-0.25, -0.2) is 35.1 Å². The van der Waals surface area contributed by atoms with Crippen LogP contribution in [0, 0.1) is 46.5 Å². The summed E-state index contributed by atoms with van der Waals surface area (Å²) < 4.78 is 150. The van der Waals surface area contributed by atoms with Gasteiger partial charge < -0.3 is 4.74 Å². The molecule has 0 saturated heterocycles. The fourth-order valence-corrected chi connectivity index (χ4v) is 4.72. The fraction of sp³-hybridized carbons (Fsp3) is 0.125. The predicted octanol–water partition coefficient (Wildman–Crippen LogP) is 10.4. The largest absolute Gasteiger partial charge is 0.432 e. The summed E-state index contributed by atoms with van der Waals surface area (Å²) in [7, 11) is 0. The first-order valence-electron chi connectivity index (χ1n) is 12.7.